The number of imidazole rings is 1. The summed E-state index contributed by atoms with van der Waals surface area (Å²) < 4.78 is 2.09. The second-order valence-electron chi connectivity index (χ2n) is 6.65. The molecule has 138 valence electrons. The van der Waals surface area contributed by atoms with E-state index < -0.39 is 0 Å². The standard InChI is InChI=1S/C18H22ClN5O2/c1-11(2)22-17(25)15-7-12(3-6-16(15)19)23-18(26)21-9-14-8-20-10-24(14)13-4-5-13/h3,6-8,10-11,13H,4-5,9H2,1-2H3,(H,22,25)(H2,21,23,26). The summed E-state index contributed by atoms with van der Waals surface area (Å²) in [6.45, 7) is 4.12. The molecule has 2 aromatic rings. The molecule has 1 aromatic heterocycles. The van der Waals surface area contributed by atoms with Crippen molar-refractivity contribution in [2.75, 3.05) is 5.32 Å². The van der Waals surface area contributed by atoms with Crippen LogP contribution in [0.15, 0.2) is 30.7 Å². The van der Waals surface area contributed by atoms with Crippen LogP contribution in [0.4, 0.5) is 10.5 Å². The molecule has 1 heterocycles. The number of halogens is 1. The lowest BCUT2D eigenvalue weighted by Gasteiger charge is -2.12. The summed E-state index contributed by atoms with van der Waals surface area (Å²) in [6.07, 6.45) is 5.86. The fraction of sp³-hybridized carbons (Fsp3) is 0.389. The van der Waals surface area contributed by atoms with E-state index in [1.165, 1.54) is 0 Å². The fourth-order valence-corrected chi connectivity index (χ4v) is 2.82. The summed E-state index contributed by atoms with van der Waals surface area (Å²) in [5.74, 6) is -0.276. The average molecular weight is 376 g/mol. The van der Waals surface area contributed by atoms with Gasteiger partial charge in [0, 0.05) is 24.0 Å². The van der Waals surface area contributed by atoms with E-state index in [1.54, 1.807) is 30.7 Å². The smallest absolute Gasteiger partial charge is 0.319 e. The highest BCUT2D eigenvalue weighted by molar-refractivity contribution is 6.34. The van der Waals surface area contributed by atoms with E-state index in [-0.39, 0.29) is 18.0 Å². The normalized spacial score (nSPS) is 13.5. The molecule has 1 aromatic carbocycles. The molecule has 26 heavy (non-hydrogen) atoms. The van der Waals surface area contributed by atoms with Crippen molar-refractivity contribution in [1.82, 2.24) is 20.2 Å². The van der Waals surface area contributed by atoms with Crippen molar-refractivity contribution in [3.8, 4) is 0 Å². The van der Waals surface area contributed by atoms with Gasteiger partial charge in [0.25, 0.3) is 5.91 Å². The Balaban J connectivity index is 1.60. The molecule has 0 bridgehead atoms. The molecule has 3 amide bonds. The van der Waals surface area contributed by atoms with Gasteiger partial charge in [0.05, 0.1) is 29.2 Å². The fourth-order valence-electron chi connectivity index (χ4n) is 2.61. The Morgan fingerprint density at radius 3 is 2.81 bits per heavy atom. The van der Waals surface area contributed by atoms with Gasteiger partial charge < -0.3 is 20.5 Å². The largest absolute Gasteiger partial charge is 0.350 e. The Bertz CT molecular complexity index is 814. The lowest BCUT2D eigenvalue weighted by atomic mass is 10.1. The first kappa shape index (κ1) is 18.3. The highest BCUT2D eigenvalue weighted by Gasteiger charge is 2.25. The number of hydrogen-bond donors (Lipinski definition) is 3. The molecule has 7 nitrogen and oxygen atoms in total. The Kier molecular flexibility index (Phi) is 5.46. The zero-order valence-electron chi connectivity index (χ0n) is 14.8. The minimum atomic E-state index is -0.355. The van der Waals surface area contributed by atoms with Gasteiger partial charge >= 0.3 is 6.03 Å². The number of nitrogens with zero attached hydrogens (tertiary/aromatic N) is 2. The van der Waals surface area contributed by atoms with Gasteiger partial charge in [-0.15, -0.1) is 0 Å². The molecule has 1 saturated carbocycles. The molecule has 0 atom stereocenters. The number of aromatic nitrogens is 2. The van der Waals surface area contributed by atoms with Crippen LogP contribution in [0, 0.1) is 0 Å². The monoisotopic (exact) mass is 375 g/mol. The number of urea groups is 1. The summed E-state index contributed by atoms with van der Waals surface area (Å²) >= 11 is 6.09. The van der Waals surface area contributed by atoms with E-state index in [9.17, 15) is 9.59 Å². The summed E-state index contributed by atoms with van der Waals surface area (Å²) in [4.78, 5) is 28.5. The van der Waals surface area contributed by atoms with E-state index in [1.807, 2.05) is 13.8 Å². The number of nitrogens with one attached hydrogen (secondary N) is 3. The Labute approximate surface area is 157 Å². The van der Waals surface area contributed by atoms with Crippen LogP contribution < -0.4 is 16.0 Å². The van der Waals surface area contributed by atoms with Crippen LogP contribution in [-0.4, -0.2) is 27.5 Å². The first-order chi connectivity index (χ1) is 12.4. The Morgan fingerprint density at radius 1 is 1.35 bits per heavy atom. The van der Waals surface area contributed by atoms with Gasteiger partial charge in [0.1, 0.15) is 0 Å². The average Bonchev–Trinajstić information content (AvgIpc) is 3.32. The van der Waals surface area contributed by atoms with Crippen molar-refractivity contribution in [1.29, 1.82) is 0 Å². The summed E-state index contributed by atoms with van der Waals surface area (Å²) in [5.41, 5.74) is 1.79. The minimum Gasteiger partial charge on any atom is -0.350 e. The zero-order chi connectivity index (χ0) is 18.7. The second-order valence-corrected chi connectivity index (χ2v) is 7.06. The van der Waals surface area contributed by atoms with E-state index in [0.29, 0.717) is 28.9 Å². The molecule has 0 saturated heterocycles. The molecule has 8 heteroatoms. The summed E-state index contributed by atoms with van der Waals surface area (Å²) in [7, 11) is 0. The molecular weight excluding hydrogens is 354 g/mol. The number of carbonyl (C=O) groups excluding carboxylic acids is 2. The van der Waals surface area contributed by atoms with Gasteiger partial charge in [-0.3, -0.25) is 4.79 Å². The van der Waals surface area contributed by atoms with Gasteiger partial charge in [-0.1, -0.05) is 11.6 Å². The SMILES string of the molecule is CC(C)NC(=O)c1cc(NC(=O)NCc2cncn2C2CC2)ccc1Cl. The molecule has 1 fully saturated rings. The van der Waals surface area contributed by atoms with Crippen LogP contribution in [-0.2, 0) is 6.54 Å². The number of benzene rings is 1. The molecule has 0 spiro atoms. The van der Waals surface area contributed by atoms with Crippen molar-refractivity contribution in [3.63, 3.8) is 0 Å². The predicted molar refractivity (Wildman–Crippen MR) is 100 cm³/mol. The van der Waals surface area contributed by atoms with Gasteiger partial charge in [-0.2, -0.15) is 0 Å². The van der Waals surface area contributed by atoms with E-state index in [0.717, 1.165) is 18.5 Å². The van der Waals surface area contributed by atoms with Crippen molar-refractivity contribution in [2.24, 2.45) is 0 Å². The lowest BCUT2D eigenvalue weighted by molar-refractivity contribution is 0.0943. The predicted octanol–water partition coefficient (Wildman–Crippen LogP) is 3.33. The maximum atomic E-state index is 12.2. The van der Waals surface area contributed by atoms with E-state index in [2.05, 4.69) is 25.5 Å². The number of amides is 3. The maximum absolute atomic E-state index is 12.2. The van der Waals surface area contributed by atoms with Crippen molar-refractivity contribution in [3.05, 3.63) is 47.0 Å². The maximum Gasteiger partial charge on any atom is 0.319 e. The number of carbonyl (C=O) groups is 2. The molecule has 1 aliphatic rings. The third-order valence-corrected chi connectivity index (χ3v) is 4.33. The highest BCUT2D eigenvalue weighted by atomic mass is 35.5. The molecule has 1 aliphatic carbocycles. The Morgan fingerprint density at radius 2 is 2.12 bits per heavy atom. The van der Waals surface area contributed by atoms with Crippen LogP contribution in [0.2, 0.25) is 5.02 Å². The van der Waals surface area contributed by atoms with Crippen LogP contribution in [0.1, 0.15) is 48.8 Å². The Hall–Kier alpha value is -2.54. The van der Waals surface area contributed by atoms with E-state index >= 15 is 0 Å². The van der Waals surface area contributed by atoms with E-state index in [4.69, 9.17) is 11.6 Å². The van der Waals surface area contributed by atoms with Crippen LogP contribution in [0.3, 0.4) is 0 Å². The van der Waals surface area contributed by atoms with Gasteiger partial charge in [-0.05, 0) is 44.9 Å². The van der Waals surface area contributed by atoms with Crippen LogP contribution >= 0.6 is 11.6 Å². The first-order valence-electron chi connectivity index (χ1n) is 8.60. The lowest BCUT2D eigenvalue weighted by Crippen LogP contribution is -2.31. The second kappa shape index (κ2) is 7.78. The number of hydrogen-bond acceptors (Lipinski definition) is 3. The molecule has 0 aliphatic heterocycles. The number of anilines is 1. The summed E-state index contributed by atoms with van der Waals surface area (Å²) in [6, 6.07) is 4.96. The van der Waals surface area contributed by atoms with Gasteiger partial charge in [0.15, 0.2) is 0 Å². The zero-order valence-corrected chi connectivity index (χ0v) is 15.5. The quantitative estimate of drug-likeness (QED) is 0.723. The molecule has 3 rings (SSSR count). The van der Waals surface area contributed by atoms with Crippen LogP contribution in [0.25, 0.3) is 0 Å². The van der Waals surface area contributed by atoms with Crippen LogP contribution in [0.5, 0.6) is 0 Å². The minimum absolute atomic E-state index is 0.00482. The molecule has 0 unspecified atom stereocenters. The third kappa shape index (κ3) is 4.54. The molecule has 0 radical (unpaired) electrons. The summed E-state index contributed by atoms with van der Waals surface area (Å²) in [5, 5.41) is 8.65. The highest BCUT2D eigenvalue weighted by Crippen LogP contribution is 2.35. The van der Waals surface area contributed by atoms with Gasteiger partial charge in [-0.25, -0.2) is 9.78 Å². The molecule has 3 N–H and O–H groups in total. The molecular formula is C18H22ClN5O2. The van der Waals surface area contributed by atoms with Gasteiger partial charge in [0.2, 0.25) is 0 Å². The topological polar surface area (TPSA) is 88.1 Å². The van der Waals surface area contributed by atoms with Crippen molar-refractivity contribution >= 4 is 29.2 Å². The third-order valence-electron chi connectivity index (χ3n) is 4.01. The van der Waals surface area contributed by atoms with Crippen molar-refractivity contribution < 1.29 is 9.59 Å². The van der Waals surface area contributed by atoms with Crippen molar-refractivity contribution in [2.45, 2.75) is 45.3 Å². The first-order valence-corrected chi connectivity index (χ1v) is 8.98. The number of rotatable bonds is 6.